The largest absolute Gasteiger partial charge is 0.393 e. The van der Waals surface area contributed by atoms with Crippen LogP contribution in [0.25, 0.3) is 0 Å². The van der Waals surface area contributed by atoms with Crippen molar-refractivity contribution < 1.29 is 5.11 Å². The van der Waals surface area contributed by atoms with Gasteiger partial charge in [-0.1, -0.05) is 6.92 Å². The molecule has 0 aromatic heterocycles. The van der Waals surface area contributed by atoms with Crippen molar-refractivity contribution in [3.05, 3.63) is 0 Å². The molecule has 0 spiro atoms. The number of aliphatic hydroxyl groups excluding tert-OH is 1. The van der Waals surface area contributed by atoms with E-state index in [1.54, 1.807) is 0 Å². The molecular weight excluding hydrogens is 114 g/mol. The first-order valence-corrected chi connectivity index (χ1v) is 3.69. The summed E-state index contributed by atoms with van der Waals surface area (Å²) in [6.45, 7) is 4.15. The van der Waals surface area contributed by atoms with Crippen molar-refractivity contribution in [2.75, 3.05) is 13.1 Å². The van der Waals surface area contributed by atoms with E-state index in [4.69, 9.17) is 0 Å². The van der Waals surface area contributed by atoms with Gasteiger partial charge in [0.15, 0.2) is 0 Å². The van der Waals surface area contributed by atoms with Gasteiger partial charge in [0.25, 0.3) is 0 Å². The summed E-state index contributed by atoms with van der Waals surface area (Å²) < 4.78 is 0. The fraction of sp³-hybridized carbons (Fsp3) is 1.00. The summed E-state index contributed by atoms with van der Waals surface area (Å²) in [6.07, 6.45) is 1.96. The molecule has 1 saturated heterocycles. The van der Waals surface area contributed by atoms with E-state index in [1.807, 2.05) is 0 Å². The van der Waals surface area contributed by atoms with Crippen LogP contribution in [0.15, 0.2) is 0 Å². The van der Waals surface area contributed by atoms with Crippen molar-refractivity contribution in [1.29, 1.82) is 0 Å². The Morgan fingerprint density at radius 2 is 2.00 bits per heavy atom. The van der Waals surface area contributed by atoms with Crippen molar-refractivity contribution >= 4 is 0 Å². The lowest BCUT2D eigenvalue weighted by Gasteiger charge is -2.12. The Balaban J connectivity index is 2.32. The van der Waals surface area contributed by atoms with E-state index < -0.39 is 0 Å². The molecular formula is C7H15NO. The first-order valence-electron chi connectivity index (χ1n) is 3.69. The minimum Gasteiger partial charge on any atom is -0.393 e. The summed E-state index contributed by atoms with van der Waals surface area (Å²) >= 11 is 0. The maximum atomic E-state index is 9.32. The number of rotatable bonds is 0. The predicted octanol–water partition coefficient (Wildman–Crippen LogP) is 0.367. The van der Waals surface area contributed by atoms with Gasteiger partial charge in [-0.05, 0) is 31.8 Å². The molecule has 2 heteroatoms. The van der Waals surface area contributed by atoms with Crippen LogP contribution in [0.5, 0.6) is 0 Å². The lowest BCUT2D eigenvalue weighted by Crippen LogP contribution is -2.16. The lowest BCUT2D eigenvalue weighted by molar-refractivity contribution is 0.114. The topological polar surface area (TPSA) is 32.3 Å². The number of nitrogens with one attached hydrogen (secondary N) is 1. The van der Waals surface area contributed by atoms with Crippen molar-refractivity contribution in [1.82, 2.24) is 5.32 Å². The Morgan fingerprint density at radius 3 is 2.78 bits per heavy atom. The first-order chi connectivity index (χ1) is 4.30. The summed E-state index contributed by atoms with van der Waals surface area (Å²) in [7, 11) is 0. The second-order valence-corrected chi connectivity index (χ2v) is 2.87. The van der Waals surface area contributed by atoms with Crippen LogP contribution in [0.1, 0.15) is 19.8 Å². The van der Waals surface area contributed by atoms with E-state index in [1.165, 1.54) is 0 Å². The summed E-state index contributed by atoms with van der Waals surface area (Å²) in [5.41, 5.74) is 0. The minimum atomic E-state index is -0.0694. The average molecular weight is 129 g/mol. The van der Waals surface area contributed by atoms with Crippen LogP contribution in [0.4, 0.5) is 0 Å². The Labute approximate surface area is 56.3 Å². The van der Waals surface area contributed by atoms with Crippen LogP contribution < -0.4 is 5.32 Å². The summed E-state index contributed by atoms with van der Waals surface area (Å²) in [5.74, 6) is 0.486. The maximum absolute atomic E-state index is 9.32. The second-order valence-electron chi connectivity index (χ2n) is 2.87. The zero-order valence-electron chi connectivity index (χ0n) is 5.93. The predicted molar refractivity (Wildman–Crippen MR) is 37.3 cm³/mol. The van der Waals surface area contributed by atoms with Crippen LogP contribution in [0.3, 0.4) is 0 Å². The van der Waals surface area contributed by atoms with Gasteiger partial charge in [0.1, 0.15) is 0 Å². The monoisotopic (exact) mass is 129 g/mol. The van der Waals surface area contributed by atoms with Gasteiger partial charge < -0.3 is 10.4 Å². The third-order valence-corrected chi connectivity index (χ3v) is 2.05. The smallest absolute Gasteiger partial charge is 0.0578 e. The van der Waals surface area contributed by atoms with Gasteiger partial charge in [0.05, 0.1) is 6.10 Å². The molecule has 9 heavy (non-hydrogen) atoms. The molecule has 0 bridgehead atoms. The highest BCUT2D eigenvalue weighted by atomic mass is 16.3. The highest BCUT2D eigenvalue weighted by Crippen LogP contribution is 2.12. The van der Waals surface area contributed by atoms with Crippen LogP contribution in [0.2, 0.25) is 0 Å². The third kappa shape index (κ3) is 1.95. The van der Waals surface area contributed by atoms with Crippen molar-refractivity contribution in [2.45, 2.75) is 25.9 Å². The lowest BCUT2D eigenvalue weighted by atomic mass is 10.0. The molecule has 1 heterocycles. The Kier molecular flexibility index (Phi) is 2.49. The quantitative estimate of drug-likeness (QED) is 0.495. The third-order valence-electron chi connectivity index (χ3n) is 2.05. The molecule has 0 aliphatic carbocycles. The normalized spacial score (nSPS) is 38.0. The van der Waals surface area contributed by atoms with Crippen molar-refractivity contribution in [2.24, 2.45) is 5.92 Å². The van der Waals surface area contributed by atoms with Crippen molar-refractivity contribution in [3.8, 4) is 0 Å². The summed E-state index contributed by atoms with van der Waals surface area (Å²) in [6, 6.07) is 0. The number of hydrogen-bond acceptors (Lipinski definition) is 2. The molecule has 0 amide bonds. The molecule has 1 fully saturated rings. The van der Waals surface area contributed by atoms with Gasteiger partial charge in [-0.15, -0.1) is 0 Å². The zero-order chi connectivity index (χ0) is 6.69. The molecule has 1 aliphatic rings. The van der Waals surface area contributed by atoms with Gasteiger partial charge in [0.2, 0.25) is 0 Å². The van der Waals surface area contributed by atoms with Crippen LogP contribution in [0, 0.1) is 5.92 Å². The van der Waals surface area contributed by atoms with E-state index in [0.29, 0.717) is 5.92 Å². The minimum absolute atomic E-state index is 0.0694. The first kappa shape index (κ1) is 7.03. The van der Waals surface area contributed by atoms with Gasteiger partial charge in [0, 0.05) is 0 Å². The summed E-state index contributed by atoms with van der Waals surface area (Å²) in [5, 5.41) is 12.6. The second kappa shape index (κ2) is 3.18. The van der Waals surface area contributed by atoms with Crippen molar-refractivity contribution in [3.63, 3.8) is 0 Å². The van der Waals surface area contributed by atoms with E-state index in [9.17, 15) is 5.11 Å². The van der Waals surface area contributed by atoms with Gasteiger partial charge >= 0.3 is 0 Å². The van der Waals surface area contributed by atoms with E-state index in [2.05, 4.69) is 12.2 Å². The zero-order valence-corrected chi connectivity index (χ0v) is 5.93. The van der Waals surface area contributed by atoms with E-state index >= 15 is 0 Å². The fourth-order valence-corrected chi connectivity index (χ4v) is 1.18. The van der Waals surface area contributed by atoms with E-state index in [0.717, 1.165) is 25.9 Å². The number of hydrogen-bond donors (Lipinski definition) is 2. The molecule has 54 valence electrons. The molecule has 0 unspecified atom stereocenters. The van der Waals surface area contributed by atoms with Gasteiger partial charge in [-0.2, -0.15) is 0 Å². The standard InChI is InChI=1S/C7H15NO/c1-6-2-4-8-5-3-7(6)9/h6-9H,2-5H2,1H3/t6-,7+/m0/s1. The molecule has 1 rings (SSSR count). The van der Waals surface area contributed by atoms with Gasteiger partial charge in [-0.25, -0.2) is 0 Å². The molecule has 0 saturated carbocycles. The van der Waals surface area contributed by atoms with E-state index in [-0.39, 0.29) is 6.10 Å². The maximum Gasteiger partial charge on any atom is 0.0578 e. The molecule has 0 aromatic carbocycles. The molecule has 0 radical (unpaired) electrons. The Morgan fingerprint density at radius 1 is 1.33 bits per heavy atom. The van der Waals surface area contributed by atoms with Crippen LogP contribution in [-0.4, -0.2) is 24.3 Å². The molecule has 0 aromatic rings. The number of aliphatic hydroxyl groups is 1. The SMILES string of the molecule is C[C@H]1CCNCC[C@H]1O. The molecule has 2 atom stereocenters. The van der Waals surface area contributed by atoms with Crippen LogP contribution >= 0.6 is 0 Å². The fourth-order valence-electron chi connectivity index (χ4n) is 1.18. The average Bonchev–Trinajstić information content (AvgIpc) is 1.99. The highest BCUT2D eigenvalue weighted by molar-refractivity contribution is 4.70. The highest BCUT2D eigenvalue weighted by Gasteiger charge is 2.15. The molecule has 1 aliphatic heterocycles. The van der Waals surface area contributed by atoms with Gasteiger partial charge in [-0.3, -0.25) is 0 Å². The summed E-state index contributed by atoms with van der Waals surface area (Å²) in [4.78, 5) is 0. The van der Waals surface area contributed by atoms with Crippen LogP contribution in [-0.2, 0) is 0 Å². The molecule has 2 N–H and O–H groups in total. The molecule has 2 nitrogen and oxygen atoms in total. The Hall–Kier alpha value is -0.0800. The Bertz CT molecular complexity index is 75.0.